The fourth-order valence-electron chi connectivity index (χ4n) is 3.56. The Morgan fingerprint density at radius 1 is 0.862 bits per heavy atom. The Hall–Kier alpha value is -3.57. The molecule has 2 heterocycles. The molecule has 0 bridgehead atoms. The van der Waals surface area contributed by atoms with Crippen LogP contribution in [0.5, 0.6) is 0 Å². The van der Waals surface area contributed by atoms with Gasteiger partial charge < -0.3 is 0 Å². The van der Waals surface area contributed by atoms with Crippen molar-refractivity contribution >= 4 is 29.0 Å². The highest BCUT2D eigenvalue weighted by Crippen LogP contribution is 2.32. The molecule has 2 aromatic carbocycles. The molecule has 0 saturated carbocycles. The average Bonchev–Trinajstić information content (AvgIpc) is 3.46. The Labute approximate surface area is 171 Å². The van der Waals surface area contributed by atoms with Gasteiger partial charge >= 0.3 is 0 Å². The Balaban J connectivity index is 1.58. The minimum absolute atomic E-state index is 0.197. The van der Waals surface area contributed by atoms with E-state index >= 15 is 0 Å². The Bertz CT molecular complexity index is 1210. The first-order chi connectivity index (χ1) is 14.2. The number of carbonyl (C=O) groups excluding carboxylic acids is 2. The Morgan fingerprint density at radius 2 is 1.55 bits per heavy atom. The van der Waals surface area contributed by atoms with Crippen LogP contribution in [0.25, 0.3) is 16.6 Å². The molecule has 0 radical (unpaired) electrons. The summed E-state index contributed by atoms with van der Waals surface area (Å²) in [5.41, 5.74) is 3.82. The van der Waals surface area contributed by atoms with E-state index < -0.39 is 0 Å². The van der Waals surface area contributed by atoms with Crippen LogP contribution in [0.4, 0.5) is 0 Å². The molecule has 4 aromatic rings. The van der Waals surface area contributed by atoms with Crippen molar-refractivity contribution in [1.82, 2.24) is 9.78 Å². The maximum atomic E-state index is 12.8. The number of benzene rings is 2. The lowest BCUT2D eigenvalue weighted by Crippen LogP contribution is -2.00. The van der Waals surface area contributed by atoms with Crippen molar-refractivity contribution in [2.45, 2.75) is 6.54 Å². The third kappa shape index (κ3) is 3.15. The van der Waals surface area contributed by atoms with Crippen LogP contribution in [0.15, 0.2) is 83.9 Å². The molecule has 1 aliphatic rings. The molecule has 0 saturated heterocycles. The van der Waals surface area contributed by atoms with Gasteiger partial charge in [-0.05, 0) is 23.1 Å². The van der Waals surface area contributed by atoms with E-state index in [1.165, 1.54) is 0 Å². The molecule has 0 N–H and O–H groups in total. The summed E-state index contributed by atoms with van der Waals surface area (Å²) in [6, 6.07) is 21.0. The third-order valence-electron chi connectivity index (χ3n) is 4.94. The van der Waals surface area contributed by atoms with E-state index in [1.54, 1.807) is 41.7 Å². The molecule has 0 aliphatic heterocycles. The van der Waals surface area contributed by atoms with E-state index in [9.17, 15) is 9.59 Å². The lowest BCUT2D eigenvalue weighted by Gasteiger charge is -2.00. The predicted octanol–water partition coefficient (Wildman–Crippen LogP) is 5.12. The van der Waals surface area contributed by atoms with Gasteiger partial charge in [-0.25, -0.2) is 0 Å². The summed E-state index contributed by atoms with van der Waals surface area (Å²) in [4.78, 5) is 26.6. The minimum Gasteiger partial charge on any atom is -0.288 e. The molecule has 0 spiro atoms. The van der Waals surface area contributed by atoms with E-state index in [0.717, 1.165) is 21.7 Å². The van der Waals surface area contributed by atoms with Gasteiger partial charge in [-0.15, -0.1) is 11.3 Å². The van der Waals surface area contributed by atoms with Gasteiger partial charge in [0.2, 0.25) is 0 Å². The largest absolute Gasteiger partial charge is 0.288 e. The lowest BCUT2D eigenvalue weighted by molar-refractivity contribution is 0.0990. The summed E-state index contributed by atoms with van der Waals surface area (Å²) in [5.74, 6) is -0.447. The third-order valence-corrected chi connectivity index (χ3v) is 5.81. The quantitative estimate of drug-likeness (QED) is 0.355. The van der Waals surface area contributed by atoms with Crippen molar-refractivity contribution in [1.29, 1.82) is 0 Å². The molecule has 4 nitrogen and oxygen atoms in total. The van der Waals surface area contributed by atoms with Gasteiger partial charge in [-0.1, -0.05) is 60.7 Å². The normalized spacial score (nSPS) is 13.0. The molecule has 0 fully saturated rings. The maximum Gasteiger partial charge on any atom is 0.197 e. The molecule has 5 rings (SSSR count). The number of hydrogen-bond donors (Lipinski definition) is 0. The van der Waals surface area contributed by atoms with E-state index in [4.69, 9.17) is 5.10 Å². The van der Waals surface area contributed by atoms with Gasteiger partial charge in [0.25, 0.3) is 0 Å². The maximum absolute atomic E-state index is 12.8. The molecule has 5 heteroatoms. The second-order valence-corrected chi connectivity index (χ2v) is 7.80. The molecular formula is C24H16N2O2S. The zero-order chi connectivity index (χ0) is 19.8. The second-order valence-electron chi connectivity index (χ2n) is 6.86. The number of carbonyl (C=O) groups is 2. The Kier molecular flexibility index (Phi) is 4.30. The topological polar surface area (TPSA) is 52.0 Å². The van der Waals surface area contributed by atoms with Crippen molar-refractivity contribution in [3.05, 3.63) is 106 Å². The van der Waals surface area contributed by atoms with Crippen molar-refractivity contribution in [2.24, 2.45) is 0 Å². The van der Waals surface area contributed by atoms with Gasteiger partial charge in [0, 0.05) is 22.9 Å². The molecule has 1 aliphatic carbocycles. The van der Waals surface area contributed by atoms with Gasteiger partial charge in [-0.3, -0.25) is 14.3 Å². The molecule has 0 unspecified atom stereocenters. The first kappa shape index (κ1) is 17.5. The van der Waals surface area contributed by atoms with E-state index in [2.05, 4.69) is 0 Å². The highest BCUT2D eigenvalue weighted by molar-refractivity contribution is 7.13. The summed E-state index contributed by atoms with van der Waals surface area (Å²) >= 11 is 1.58. The highest BCUT2D eigenvalue weighted by atomic mass is 32.1. The fraction of sp³-hybridized carbons (Fsp3) is 0.0417. The van der Waals surface area contributed by atoms with Crippen molar-refractivity contribution in [3.8, 4) is 10.6 Å². The van der Waals surface area contributed by atoms with Crippen LogP contribution < -0.4 is 0 Å². The summed E-state index contributed by atoms with van der Waals surface area (Å²) in [6.45, 7) is 0.616. The van der Waals surface area contributed by atoms with Crippen LogP contribution in [0.2, 0.25) is 0 Å². The fourth-order valence-corrected chi connectivity index (χ4v) is 4.29. The summed E-state index contributed by atoms with van der Waals surface area (Å²) in [6.07, 6.45) is 3.59. The number of thiophene rings is 1. The number of allylic oxidation sites excluding steroid dienone is 1. The smallest absolute Gasteiger partial charge is 0.197 e. The number of nitrogens with zero attached hydrogens (tertiary/aromatic N) is 2. The van der Waals surface area contributed by atoms with Crippen molar-refractivity contribution < 1.29 is 9.59 Å². The Morgan fingerprint density at radius 3 is 2.21 bits per heavy atom. The zero-order valence-electron chi connectivity index (χ0n) is 15.4. The number of ketones is 2. The number of hydrogen-bond acceptors (Lipinski definition) is 4. The first-order valence-corrected chi connectivity index (χ1v) is 10.1. The number of aromatic nitrogens is 2. The van der Waals surface area contributed by atoms with Crippen molar-refractivity contribution in [2.75, 3.05) is 0 Å². The van der Waals surface area contributed by atoms with Gasteiger partial charge in [0.1, 0.15) is 5.69 Å². The summed E-state index contributed by atoms with van der Waals surface area (Å²) in [5, 5.41) is 6.74. The molecule has 29 heavy (non-hydrogen) atoms. The standard InChI is InChI=1S/C24H16N2O2S/c27-23-18-9-4-5-10-19(18)24(28)20(23)13-17-15-26(14-16-7-2-1-3-8-16)25-22(17)21-11-6-12-29-21/h1-13,15H,14H2. The molecule has 140 valence electrons. The van der Waals surface area contributed by atoms with Crippen molar-refractivity contribution in [3.63, 3.8) is 0 Å². The molecular weight excluding hydrogens is 380 g/mol. The van der Waals surface area contributed by atoms with E-state index in [0.29, 0.717) is 17.7 Å². The van der Waals surface area contributed by atoms with Crippen LogP contribution in [-0.4, -0.2) is 21.3 Å². The lowest BCUT2D eigenvalue weighted by atomic mass is 10.1. The summed E-state index contributed by atoms with van der Waals surface area (Å²) in [7, 11) is 0. The average molecular weight is 396 g/mol. The highest BCUT2D eigenvalue weighted by Gasteiger charge is 2.33. The second kappa shape index (κ2) is 7.11. The minimum atomic E-state index is -0.224. The molecule has 0 atom stereocenters. The van der Waals surface area contributed by atoms with Crippen LogP contribution in [-0.2, 0) is 6.54 Å². The van der Waals surface area contributed by atoms with Gasteiger partial charge in [-0.2, -0.15) is 5.10 Å². The van der Waals surface area contributed by atoms with Crippen LogP contribution in [0.1, 0.15) is 31.8 Å². The van der Waals surface area contributed by atoms with E-state index in [1.807, 2.05) is 58.7 Å². The predicted molar refractivity (Wildman–Crippen MR) is 114 cm³/mol. The number of fused-ring (bicyclic) bond motifs is 1. The van der Waals surface area contributed by atoms with Crippen LogP contribution >= 0.6 is 11.3 Å². The zero-order valence-corrected chi connectivity index (χ0v) is 16.2. The van der Waals surface area contributed by atoms with Gasteiger partial charge in [0.15, 0.2) is 11.6 Å². The SMILES string of the molecule is O=C1C(=Cc2cn(Cc3ccccc3)nc2-c2cccs2)C(=O)c2ccccc21. The van der Waals surface area contributed by atoms with E-state index in [-0.39, 0.29) is 17.1 Å². The van der Waals surface area contributed by atoms with Crippen LogP contribution in [0.3, 0.4) is 0 Å². The number of rotatable bonds is 4. The van der Waals surface area contributed by atoms with Crippen LogP contribution in [0, 0.1) is 0 Å². The number of Topliss-reactive ketones (excluding diaryl/α,β-unsaturated/α-hetero) is 2. The van der Waals surface area contributed by atoms with Gasteiger partial charge in [0.05, 0.1) is 17.0 Å². The summed E-state index contributed by atoms with van der Waals surface area (Å²) < 4.78 is 1.85. The first-order valence-electron chi connectivity index (χ1n) is 9.26. The molecule has 2 aromatic heterocycles. The molecule has 0 amide bonds. The monoisotopic (exact) mass is 396 g/mol.